The van der Waals surface area contributed by atoms with Crippen molar-refractivity contribution >= 4 is 27.8 Å². The fourth-order valence-corrected chi connectivity index (χ4v) is 3.68. The third-order valence-electron chi connectivity index (χ3n) is 5.35. The second-order valence-corrected chi connectivity index (χ2v) is 7.34. The lowest BCUT2D eigenvalue weighted by atomic mass is 10.1. The van der Waals surface area contributed by atoms with Gasteiger partial charge in [-0.25, -0.2) is 9.37 Å². The number of carbonyl (C=O) groups excluding carboxylic acids is 1. The first kappa shape index (κ1) is 19.8. The van der Waals surface area contributed by atoms with Crippen molar-refractivity contribution in [3.05, 3.63) is 76.1 Å². The summed E-state index contributed by atoms with van der Waals surface area (Å²) < 4.78 is 15.9. The zero-order valence-corrected chi connectivity index (χ0v) is 16.7. The van der Waals surface area contributed by atoms with Crippen LogP contribution >= 0.6 is 0 Å². The number of halogens is 1. The van der Waals surface area contributed by atoms with Gasteiger partial charge in [0.1, 0.15) is 17.2 Å². The maximum atomic E-state index is 13.8. The largest absolute Gasteiger partial charge is 0.358 e. The lowest BCUT2D eigenvalue weighted by Gasteiger charge is -2.07. The Morgan fingerprint density at radius 3 is 2.80 bits per heavy atom. The van der Waals surface area contributed by atoms with Crippen molar-refractivity contribution < 1.29 is 9.18 Å². The van der Waals surface area contributed by atoms with Crippen molar-refractivity contribution in [2.75, 3.05) is 6.54 Å². The second-order valence-electron chi connectivity index (χ2n) is 7.34. The number of hydrogen-bond donors (Lipinski definition) is 2. The highest BCUT2D eigenvalue weighted by atomic mass is 19.1. The van der Waals surface area contributed by atoms with E-state index in [2.05, 4.69) is 25.9 Å². The van der Waals surface area contributed by atoms with E-state index in [-0.39, 0.29) is 16.5 Å². The van der Waals surface area contributed by atoms with Crippen LogP contribution in [-0.4, -0.2) is 27.0 Å². The number of unbranched alkanes of at least 4 members (excludes halogenated alkanes) is 2. The van der Waals surface area contributed by atoms with Crippen molar-refractivity contribution in [3.63, 3.8) is 0 Å². The van der Waals surface area contributed by atoms with Gasteiger partial charge in [-0.3, -0.25) is 9.59 Å². The fraction of sp³-hybridized carbons (Fsp3) is 0.261. The molecule has 0 aliphatic rings. The van der Waals surface area contributed by atoms with Gasteiger partial charge in [0.25, 0.3) is 5.91 Å². The van der Waals surface area contributed by atoms with Gasteiger partial charge in [0.15, 0.2) is 0 Å². The van der Waals surface area contributed by atoms with Crippen LogP contribution in [0.5, 0.6) is 0 Å². The van der Waals surface area contributed by atoms with E-state index in [0.717, 1.165) is 42.5 Å². The predicted molar refractivity (Wildman–Crippen MR) is 115 cm³/mol. The third-order valence-corrected chi connectivity index (χ3v) is 5.35. The standard InChI is InChI=1S/C23H23FN4O2/c1-28-19-11-5-4-10-18(19)27-20(28)12-3-2-6-13-25-23(30)16-14-26-21-15(22(16)29)8-7-9-17(21)24/h4-5,7-11,14H,2-3,6,12-13H2,1H3,(H,25,30)(H,26,29). The van der Waals surface area contributed by atoms with E-state index < -0.39 is 17.2 Å². The van der Waals surface area contributed by atoms with Crippen LogP contribution in [0.2, 0.25) is 0 Å². The molecule has 0 bridgehead atoms. The number of imidazole rings is 1. The first-order valence-electron chi connectivity index (χ1n) is 10.0. The number of benzene rings is 2. The molecule has 0 fully saturated rings. The predicted octanol–water partition coefficient (Wildman–Crippen LogP) is 3.70. The molecular formula is C23H23FN4O2. The van der Waals surface area contributed by atoms with E-state index in [0.29, 0.717) is 6.54 Å². The summed E-state index contributed by atoms with van der Waals surface area (Å²) in [5.74, 6) is 0.0880. The van der Waals surface area contributed by atoms with E-state index in [1.165, 1.54) is 24.4 Å². The van der Waals surface area contributed by atoms with E-state index in [9.17, 15) is 14.0 Å². The van der Waals surface area contributed by atoms with Crippen LogP contribution < -0.4 is 10.7 Å². The lowest BCUT2D eigenvalue weighted by molar-refractivity contribution is 0.0951. The number of aromatic nitrogens is 3. The topological polar surface area (TPSA) is 79.8 Å². The van der Waals surface area contributed by atoms with Gasteiger partial charge < -0.3 is 14.9 Å². The Labute approximate surface area is 172 Å². The summed E-state index contributed by atoms with van der Waals surface area (Å²) in [7, 11) is 2.03. The molecule has 0 atom stereocenters. The smallest absolute Gasteiger partial charge is 0.256 e. The van der Waals surface area contributed by atoms with Crippen LogP contribution in [0.25, 0.3) is 21.9 Å². The first-order chi connectivity index (χ1) is 14.6. The quantitative estimate of drug-likeness (QED) is 0.459. The monoisotopic (exact) mass is 406 g/mol. The molecule has 1 amide bonds. The number of nitrogens with one attached hydrogen (secondary N) is 2. The van der Waals surface area contributed by atoms with E-state index in [1.807, 2.05) is 25.2 Å². The van der Waals surface area contributed by atoms with Crippen LogP contribution in [0.1, 0.15) is 35.4 Å². The molecule has 0 aliphatic heterocycles. The van der Waals surface area contributed by atoms with Gasteiger partial charge in [-0.2, -0.15) is 0 Å². The van der Waals surface area contributed by atoms with Gasteiger partial charge in [-0.05, 0) is 37.1 Å². The zero-order chi connectivity index (χ0) is 21.1. The fourth-order valence-electron chi connectivity index (χ4n) is 3.68. The molecule has 4 rings (SSSR count). The van der Waals surface area contributed by atoms with Crippen LogP contribution in [-0.2, 0) is 13.5 Å². The van der Waals surface area contributed by atoms with Crippen LogP contribution in [0.4, 0.5) is 4.39 Å². The van der Waals surface area contributed by atoms with E-state index in [4.69, 9.17) is 0 Å². The van der Waals surface area contributed by atoms with Gasteiger partial charge in [-0.1, -0.05) is 24.6 Å². The molecule has 0 unspecified atom stereocenters. The molecule has 4 aromatic rings. The number of para-hydroxylation sites is 3. The van der Waals surface area contributed by atoms with Crippen LogP contribution in [0.15, 0.2) is 53.5 Å². The number of fused-ring (bicyclic) bond motifs is 2. The molecule has 2 aromatic carbocycles. The minimum absolute atomic E-state index is 0.00667. The molecule has 0 radical (unpaired) electrons. The number of pyridine rings is 1. The summed E-state index contributed by atoms with van der Waals surface area (Å²) in [5.41, 5.74) is 1.76. The molecule has 2 N–H and O–H groups in total. The number of aromatic amines is 1. The van der Waals surface area contributed by atoms with Gasteiger partial charge in [0, 0.05) is 31.6 Å². The Morgan fingerprint density at radius 2 is 1.97 bits per heavy atom. The number of hydrogen-bond acceptors (Lipinski definition) is 3. The van der Waals surface area contributed by atoms with E-state index >= 15 is 0 Å². The van der Waals surface area contributed by atoms with E-state index in [1.54, 1.807) is 0 Å². The van der Waals surface area contributed by atoms with Crippen molar-refractivity contribution in [1.82, 2.24) is 19.9 Å². The number of amides is 1. The third kappa shape index (κ3) is 3.83. The number of rotatable bonds is 7. The van der Waals surface area contributed by atoms with Gasteiger partial charge in [0.05, 0.1) is 16.6 Å². The highest BCUT2D eigenvalue weighted by Crippen LogP contribution is 2.16. The molecular weight excluding hydrogens is 383 g/mol. The summed E-state index contributed by atoms with van der Waals surface area (Å²) in [6, 6.07) is 12.3. The Morgan fingerprint density at radius 1 is 1.13 bits per heavy atom. The average molecular weight is 406 g/mol. The molecule has 6 nitrogen and oxygen atoms in total. The maximum absolute atomic E-state index is 13.8. The summed E-state index contributed by atoms with van der Waals surface area (Å²) in [6.07, 6.45) is 4.84. The Kier molecular flexibility index (Phi) is 5.61. The van der Waals surface area contributed by atoms with Crippen LogP contribution in [0.3, 0.4) is 0 Å². The number of nitrogens with zero attached hydrogens (tertiary/aromatic N) is 2. The summed E-state index contributed by atoms with van der Waals surface area (Å²) in [4.78, 5) is 32.2. The first-order valence-corrected chi connectivity index (χ1v) is 10.0. The zero-order valence-electron chi connectivity index (χ0n) is 16.7. The van der Waals surface area contributed by atoms with Crippen molar-refractivity contribution in [3.8, 4) is 0 Å². The molecule has 0 saturated carbocycles. The Hall–Kier alpha value is -3.48. The second kappa shape index (κ2) is 8.49. The SMILES string of the molecule is Cn1c(CCCCCNC(=O)c2c[nH]c3c(F)cccc3c2=O)nc2ccccc21. The molecule has 2 aromatic heterocycles. The van der Waals surface area contributed by atoms with Gasteiger partial charge >= 0.3 is 0 Å². The highest BCUT2D eigenvalue weighted by molar-refractivity contribution is 5.97. The van der Waals surface area contributed by atoms with Crippen LogP contribution in [0, 0.1) is 5.82 Å². The minimum atomic E-state index is -0.517. The molecule has 30 heavy (non-hydrogen) atoms. The number of carbonyl (C=O) groups is 1. The van der Waals surface area contributed by atoms with Crippen molar-refractivity contribution in [2.45, 2.75) is 25.7 Å². The lowest BCUT2D eigenvalue weighted by Crippen LogP contribution is -2.29. The van der Waals surface area contributed by atoms with Gasteiger partial charge in [0.2, 0.25) is 5.43 Å². The molecule has 0 saturated heterocycles. The normalized spacial score (nSPS) is 11.3. The Balaban J connectivity index is 1.28. The van der Waals surface area contributed by atoms with Gasteiger partial charge in [-0.15, -0.1) is 0 Å². The molecule has 2 heterocycles. The summed E-state index contributed by atoms with van der Waals surface area (Å²) in [5, 5.41) is 2.95. The highest BCUT2D eigenvalue weighted by Gasteiger charge is 2.14. The minimum Gasteiger partial charge on any atom is -0.358 e. The van der Waals surface area contributed by atoms with Crippen molar-refractivity contribution in [1.29, 1.82) is 0 Å². The maximum Gasteiger partial charge on any atom is 0.256 e. The molecule has 0 spiro atoms. The van der Waals surface area contributed by atoms with Crippen molar-refractivity contribution in [2.24, 2.45) is 7.05 Å². The Bertz CT molecular complexity index is 1280. The molecule has 0 aliphatic carbocycles. The average Bonchev–Trinajstić information content (AvgIpc) is 3.07. The number of H-pyrrole nitrogens is 1. The summed E-state index contributed by atoms with van der Waals surface area (Å²) in [6.45, 7) is 0.474. The number of aryl methyl sites for hydroxylation is 2. The molecule has 154 valence electrons. The summed E-state index contributed by atoms with van der Waals surface area (Å²) >= 11 is 0. The molecule has 7 heteroatoms.